The highest BCUT2D eigenvalue weighted by atomic mass is 16.5. The van der Waals surface area contributed by atoms with Crippen LogP contribution in [0.1, 0.15) is 63.4 Å². The molecule has 2 aromatic rings. The second-order valence-electron chi connectivity index (χ2n) is 8.47. The van der Waals surface area contributed by atoms with Gasteiger partial charge >= 0.3 is 0 Å². The Balaban J connectivity index is 1.67. The molecule has 164 valence electrons. The lowest BCUT2D eigenvalue weighted by atomic mass is 9.83. The molecule has 2 aliphatic rings. The van der Waals surface area contributed by atoms with Crippen LogP contribution in [-0.4, -0.2) is 63.2 Å². The molecule has 1 aliphatic carbocycles. The lowest BCUT2D eigenvalue weighted by Gasteiger charge is -2.27. The van der Waals surface area contributed by atoms with Gasteiger partial charge in [0.15, 0.2) is 0 Å². The van der Waals surface area contributed by atoms with Crippen molar-refractivity contribution in [2.75, 3.05) is 25.1 Å². The molecule has 1 saturated heterocycles. The summed E-state index contributed by atoms with van der Waals surface area (Å²) >= 11 is 0. The minimum absolute atomic E-state index is 0.0699. The zero-order valence-electron chi connectivity index (χ0n) is 17.6. The van der Waals surface area contributed by atoms with Crippen molar-refractivity contribution in [2.45, 2.75) is 76.0 Å². The van der Waals surface area contributed by atoms with Gasteiger partial charge in [-0.15, -0.1) is 0 Å². The molecule has 1 atom stereocenters. The number of aromatic nitrogens is 3. The minimum atomic E-state index is -0.206. The number of aliphatic hydroxyl groups is 2. The van der Waals surface area contributed by atoms with E-state index in [2.05, 4.69) is 15.3 Å². The van der Waals surface area contributed by atoms with Gasteiger partial charge in [-0.1, -0.05) is 0 Å². The van der Waals surface area contributed by atoms with Crippen LogP contribution in [0, 0.1) is 0 Å². The third-order valence-corrected chi connectivity index (χ3v) is 6.13. The molecule has 1 aliphatic heterocycles. The molecule has 3 N–H and O–H groups in total. The van der Waals surface area contributed by atoms with Gasteiger partial charge in [-0.25, -0.2) is 15.0 Å². The zero-order valence-corrected chi connectivity index (χ0v) is 17.6. The van der Waals surface area contributed by atoms with Crippen molar-refractivity contribution in [1.29, 1.82) is 0 Å². The largest absolute Gasteiger partial charge is 0.474 e. The van der Waals surface area contributed by atoms with Gasteiger partial charge in [0.05, 0.1) is 30.2 Å². The van der Waals surface area contributed by atoms with Crippen molar-refractivity contribution < 1.29 is 19.7 Å². The molecule has 30 heavy (non-hydrogen) atoms. The Bertz CT molecular complexity index is 835. The maximum Gasteiger partial charge on any atom is 0.224 e. The Hall–Kier alpha value is -2.03. The highest BCUT2D eigenvalue weighted by Gasteiger charge is 2.26. The molecule has 4 rings (SSSR count). The number of hydrogen-bond donors (Lipinski definition) is 3. The van der Waals surface area contributed by atoms with Crippen LogP contribution in [0.15, 0.2) is 12.4 Å². The standard InChI is InChI=1S/C22H32N4O4/c1-14(6-9-27)25-22-24-13-19-20(26-22)18(15-2-4-16(28)5-3-15)12-23-21(19)30-17-7-10-29-11-8-17/h12-17,27-28H,2-11H2,1H3,(H,24,25,26)/t14-,15-,16-/m0/s1. The predicted octanol–water partition coefficient (Wildman–Crippen LogP) is 2.78. The van der Waals surface area contributed by atoms with E-state index < -0.39 is 0 Å². The number of nitrogens with one attached hydrogen (secondary N) is 1. The highest BCUT2D eigenvalue weighted by Crippen LogP contribution is 2.38. The fourth-order valence-electron chi connectivity index (χ4n) is 4.30. The number of rotatable bonds is 7. The van der Waals surface area contributed by atoms with Gasteiger partial charge in [0.2, 0.25) is 11.8 Å². The molecule has 8 nitrogen and oxygen atoms in total. The van der Waals surface area contributed by atoms with Crippen molar-refractivity contribution in [3.05, 3.63) is 18.0 Å². The number of ether oxygens (including phenoxy) is 2. The maximum absolute atomic E-state index is 9.91. The average Bonchev–Trinajstić information content (AvgIpc) is 2.75. The summed E-state index contributed by atoms with van der Waals surface area (Å²) in [5, 5.41) is 23.2. The topological polar surface area (TPSA) is 110 Å². The summed E-state index contributed by atoms with van der Waals surface area (Å²) in [5.74, 6) is 1.44. The molecule has 0 aromatic carbocycles. The lowest BCUT2D eigenvalue weighted by Crippen LogP contribution is -2.26. The highest BCUT2D eigenvalue weighted by molar-refractivity contribution is 5.86. The summed E-state index contributed by atoms with van der Waals surface area (Å²) in [5.41, 5.74) is 1.96. The van der Waals surface area contributed by atoms with Gasteiger partial charge in [-0.2, -0.15) is 0 Å². The number of fused-ring (bicyclic) bond motifs is 1. The molecule has 2 aromatic heterocycles. The van der Waals surface area contributed by atoms with Crippen LogP contribution >= 0.6 is 0 Å². The van der Waals surface area contributed by atoms with Gasteiger partial charge in [0.1, 0.15) is 6.10 Å². The molecule has 0 amide bonds. The summed E-state index contributed by atoms with van der Waals surface area (Å²) in [6, 6.07) is 0.0699. The second kappa shape index (κ2) is 9.85. The summed E-state index contributed by atoms with van der Waals surface area (Å²) in [7, 11) is 0. The first-order valence-corrected chi connectivity index (χ1v) is 11.1. The molecule has 8 heteroatoms. The number of hydrogen-bond acceptors (Lipinski definition) is 8. The molecule has 1 saturated carbocycles. The Labute approximate surface area is 177 Å². The zero-order chi connectivity index (χ0) is 20.9. The summed E-state index contributed by atoms with van der Waals surface area (Å²) in [4.78, 5) is 14.0. The number of aliphatic hydroxyl groups excluding tert-OH is 2. The van der Waals surface area contributed by atoms with Gasteiger partial charge in [-0.3, -0.25) is 0 Å². The molecular formula is C22H32N4O4. The SMILES string of the molecule is C[C@@H](CCO)Nc1ncc2c(OC3CCOCC3)ncc([C@H]3CC[C@H](O)CC3)c2n1. The van der Waals surface area contributed by atoms with E-state index in [1.165, 1.54) is 0 Å². The maximum atomic E-state index is 9.91. The van der Waals surface area contributed by atoms with Crippen molar-refractivity contribution in [2.24, 2.45) is 0 Å². The van der Waals surface area contributed by atoms with E-state index in [-0.39, 0.29) is 24.9 Å². The summed E-state index contributed by atoms with van der Waals surface area (Å²) < 4.78 is 11.7. The Morgan fingerprint density at radius 2 is 1.90 bits per heavy atom. The van der Waals surface area contributed by atoms with E-state index >= 15 is 0 Å². The second-order valence-corrected chi connectivity index (χ2v) is 8.47. The predicted molar refractivity (Wildman–Crippen MR) is 114 cm³/mol. The molecule has 2 fully saturated rings. The number of nitrogens with zero attached hydrogens (tertiary/aromatic N) is 3. The van der Waals surface area contributed by atoms with Gasteiger partial charge in [-0.05, 0) is 44.9 Å². The van der Waals surface area contributed by atoms with E-state index in [1.807, 2.05) is 13.1 Å². The minimum Gasteiger partial charge on any atom is -0.474 e. The lowest BCUT2D eigenvalue weighted by molar-refractivity contribution is 0.0244. The smallest absolute Gasteiger partial charge is 0.224 e. The molecule has 0 spiro atoms. The summed E-state index contributed by atoms with van der Waals surface area (Å²) in [6.45, 7) is 3.53. The van der Waals surface area contributed by atoms with E-state index in [1.54, 1.807) is 6.20 Å². The van der Waals surface area contributed by atoms with Crippen molar-refractivity contribution in [3.63, 3.8) is 0 Å². The van der Waals surface area contributed by atoms with E-state index in [9.17, 15) is 10.2 Å². The van der Waals surface area contributed by atoms with Crippen LogP contribution in [0.25, 0.3) is 10.9 Å². The van der Waals surface area contributed by atoms with Crippen molar-refractivity contribution in [3.8, 4) is 5.88 Å². The molecule has 0 radical (unpaired) electrons. The molecule has 0 bridgehead atoms. The van der Waals surface area contributed by atoms with Crippen LogP contribution in [-0.2, 0) is 4.74 Å². The average molecular weight is 417 g/mol. The van der Waals surface area contributed by atoms with E-state index in [0.29, 0.717) is 37.4 Å². The normalized spacial score (nSPS) is 24.0. The Kier molecular flexibility index (Phi) is 6.97. The fraction of sp³-hybridized carbons (Fsp3) is 0.682. The molecule has 3 heterocycles. The number of pyridine rings is 1. The van der Waals surface area contributed by atoms with Crippen LogP contribution < -0.4 is 10.1 Å². The van der Waals surface area contributed by atoms with Gasteiger partial charge < -0.3 is 25.0 Å². The van der Waals surface area contributed by atoms with Crippen LogP contribution in [0.5, 0.6) is 5.88 Å². The Morgan fingerprint density at radius 3 is 2.63 bits per heavy atom. The third kappa shape index (κ3) is 4.99. The first kappa shape index (κ1) is 21.2. The molecule has 0 unspecified atom stereocenters. The van der Waals surface area contributed by atoms with Crippen LogP contribution in [0.2, 0.25) is 0 Å². The van der Waals surface area contributed by atoms with Crippen LogP contribution in [0.4, 0.5) is 5.95 Å². The van der Waals surface area contributed by atoms with Crippen molar-refractivity contribution in [1.82, 2.24) is 15.0 Å². The first-order valence-electron chi connectivity index (χ1n) is 11.1. The van der Waals surface area contributed by atoms with Crippen LogP contribution in [0.3, 0.4) is 0 Å². The first-order chi connectivity index (χ1) is 14.6. The number of anilines is 1. The van der Waals surface area contributed by atoms with Gasteiger partial charge in [0, 0.05) is 43.4 Å². The quantitative estimate of drug-likeness (QED) is 0.632. The summed E-state index contributed by atoms with van der Waals surface area (Å²) in [6.07, 6.45) is 9.35. The Morgan fingerprint density at radius 1 is 1.13 bits per heavy atom. The fourth-order valence-corrected chi connectivity index (χ4v) is 4.30. The molecular weight excluding hydrogens is 384 g/mol. The van der Waals surface area contributed by atoms with E-state index in [4.69, 9.17) is 14.5 Å². The monoisotopic (exact) mass is 416 g/mol. The van der Waals surface area contributed by atoms with Crippen molar-refractivity contribution >= 4 is 16.9 Å². The third-order valence-electron chi connectivity index (χ3n) is 6.13. The van der Waals surface area contributed by atoms with Gasteiger partial charge in [0.25, 0.3) is 0 Å². The van der Waals surface area contributed by atoms with E-state index in [0.717, 1.165) is 55.0 Å².